The number of fused-ring (bicyclic) bond motifs is 1. The number of carbonyl (C=O) groups excluding carboxylic acids is 1. The highest BCUT2D eigenvalue weighted by atomic mass is 32.2. The number of phenols is 1. The van der Waals surface area contributed by atoms with E-state index in [4.69, 9.17) is 0 Å². The van der Waals surface area contributed by atoms with E-state index in [1.54, 1.807) is 30.2 Å². The zero-order chi connectivity index (χ0) is 18.1. The zero-order valence-electron chi connectivity index (χ0n) is 14.3. The van der Waals surface area contributed by atoms with Gasteiger partial charge in [0.1, 0.15) is 5.75 Å². The van der Waals surface area contributed by atoms with Crippen molar-refractivity contribution in [2.45, 2.75) is 17.4 Å². The smallest absolute Gasteiger partial charge is 0.255 e. The molecule has 1 amide bonds. The Morgan fingerprint density at radius 3 is 2.92 bits per heavy atom. The number of rotatable bonds is 3. The maximum absolute atomic E-state index is 13.2. The molecule has 2 aromatic carbocycles. The van der Waals surface area contributed by atoms with Crippen LogP contribution >= 0.6 is 11.8 Å². The molecule has 0 saturated carbocycles. The molecule has 1 aromatic heterocycles. The van der Waals surface area contributed by atoms with Gasteiger partial charge < -0.3 is 15.0 Å². The fourth-order valence-corrected chi connectivity index (χ4v) is 4.06. The van der Waals surface area contributed by atoms with Gasteiger partial charge in [-0.15, -0.1) is 11.8 Å². The van der Waals surface area contributed by atoms with E-state index >= 15 is 0 Å². The van der Waals surface area contributed by atoms with Crippen molar-refractivity contribution in [2.75, 3.05) is 12.8 Å². The van der Waals surface area contributed by atoms with E-state index in [9.17, 15) is 9.90 Å². The van der Waals surface area contributed by atoms with Gasteiger partial charge in [0, 0.05) is 17.4 Å². The molecule has 0 saturated heterocycles. The number of phenolic OH excluding ortho intramolecular Hbond substituents is 1. The number of aromatic nitrogens is 2. The van der Waals surface area contributed by atoms with Crippen molar-refractivity contribution in [3.05, 3.63) is 77.4 Å². The zero-order valence-corrected chi connectivity index (χ0v) is 15.2. The van der Waals surface area contributed by atoms with Crippen LogP contribution in [0, 0.1) is 0 Å². The van der Waals surface area contributed by atoms with Gasteiger partial charge in [-0.25, -0.2) is 4.98 Å². The lowest BCUT2D eigenvalue weighted by molar-refractivity contribution is 0.0718. The van der Waals surface area contributed by atoms with Crippen molar-refractivity contribution in [1.29, 1.82) is 0 Å². The number of nitrogens with zero attached hydrogens (tertiary/aromatic N) is 2. The predicted octanol–water partition coefficient (Wildman–Crippen LogP) is 3.63. The lowest BCUT2D eigenvalue weighted by Gasteiger charge is -2.32. The molecule has 0 bridgehead atoms. The minimum absolute atomic E-state index is 0.0142. The molecule has 2 heterocycles. The summed E-state index contributed by atoms with van der Waals surface area (Å²) in [6.45, 7) is 1.04. The van der Waals surface area contributed by atoms with Gasteiger partial charge in [0.25, 0.3) is 5.91 Å². The highest BCUT2D eigenvalue weighted by Gasteiger charge is 2.32. The third-order valence-corrected chi connectivity index (χ3v) is 5.53. The van der Waals surface area contributed by atoms with Gasteiger partial charge in [-0.3, -0.25) is 4.79 Å². The number of benzene rings is 2. The predicted molar refractivity (Wildman–Crippen MR) is 102 cm³/mol. The van der Waals surface area contributed by atoms with Crippen LogP contribution in [0.25, 0.3) is 0 Å². The van der Waals surface area contributed by atoms with E-state index < -0.39 is 0 Å². The quantitative estimate of drug-likeness (QED) is 0.696. The van der Waals surface area contributed by atoms with Crippen LogP contribution in [0.2, 0.25) is 0 Å². The molecule has 2 N–H and O–H groups in total. The number of aromatic amines is 1. The van der Waals surface area contributed by atoms with E-state index in [1.807, 2.05) is 47.6 Å². The lowest BCUT2D eigenvalue weighted by Crippen LogP contribution is -2.39. The number of hydrogen-bond donors (Lipinski definition) is 2. The standard InChI is InChI=1S/C20H19N3O2S/c1-26-18-8-3-2-7-15(18)20(25)23-10-16(13-5-4-6-14(24)9-13)19-17(11-23)21-12-22-19/h2-9,12,16,24H,10-11H2,1H3,(H,21,22). The third-order valence-electron chi connectivity index (χ3n) is 4.73. The van der Waals surface area contributed by atoms with Gasteiger partial charge in [-0.05, 0) is 36.1 Å². The highest BCUT2D eigenvalue weighted by molar-refractivity contribution is 7.98. The van der Waals surface area contributed by atoms with Crippen LogP contribution in [0.3, 0.4) is 0 Å². The molecule has 5 nitrogen and oxygen atoms in total. The topological polar surface area (TPSA) is 69.2 Å². The number of aromatic hydroxyl groups is 1. The van der Waals surface area contributed by atoms with E-state index in [0.29, 0.717) is 13.1 Å². The second-order valence-corrected chi connectivity index (χ2v) is 7.15. The van der Waals surface area contributed by atoms with Gasteiger partial charge >= 0.3 is 0 Å². The number of carbonyl (C=O) groups is 1. The fraction of sp³-hybridized carbons (Fsp3) is 0.200. The number of H-pyrrole nitrogens is 1. The van der Waals surface area contributed by atoms with Gasteiger partial charge in [-0.1, -0.05) is 24.3 Å². The average molecular weight is 365 g/mol. The first-order valence-electron chi connectivity index (χ1n) is 8.40. The lowest BCUT2D eigenvalue weighted by atomic mass is 9.90. The molecule has 0 fully saturated rings. The van der Waals surface area contributed by atoms with Crippen molar-refractivity contribution < 1.29 is 9.90 Å². The molecule has 4 rings (SSSR count). The molecule has 1 unspecified atom stereocenters. The summed E-state index contributed by atoms with van der Waals surface area (Å²) in [4.78, 5) is 23.6. The first-order valence-corrected chi connectivity index (χ1v) is 9.63. The number of thioether (sulfide) groups is 1. The van der Waals surface area contributed by atoms with Crippen molar-refractivity contribution >= 4 is 17.7 Å². The van der Waals surface area contributed by atoms with Gasteiger partial charge in [0.15, 0.2) is 0 Å². The maximum Gasteiger partial charge on any atom is 0.255 e. The monoisotopic (exact) mass is 365 g/mol. The molecule has 0 radical (unpaired) electrons. The second kappa shape index (κ2) is 6.88. The minimum Gasteiger partial charge on any atom is -0.508 e. The average Bonchev–Trinajstić information content (AvgIpc) is 3.15. The number of amides is 1. The molecule has 3 aromatic rings. The van der Waals surface area contributed by atoms with Crippen molar-refractivity contribution in [3.8, 4) is 5.75 Å². The largest absolute Gasteiger partial charge is 0.508 e. The normalized spacial score (nSPS) is 16.3. The number of imidazole rings is 1. The Kier molecular flexibility index (Phi) is 4.42. The molecule has 6 heteroatoms. The summed E-state index contributed by atoms with van der Waals surface area (Å²) in [7, 11) is 0. The van der Waals surface area contributed by atoms with Gasteiger partial charge in [0.05, 0.1) is 29.8 Å². The van der Waals surface area contributed by atoms with E-state index in [0.717, 1.165) is 27.4 Å². The van der Waals surface area contributed by atoms with Crippen molar-refractivity contribution in [1.82, 2.24) is 14.9 Å². The molecular weight excluding hydrogens is 346 g/mol. The molecule has 26 heavy (non-hydrogen) atoms. The van der Waals surface area contributed by atoms with E-state index in [1.165, 1.54) is 0 Å². The molecule has 1 aliphatic rings. The van der Waals surface area contributed by atoms with Crippen LogP contribution < -0.4 is 0 Å². The number of nitrogens with one attached hydrogen (secondary N) is 1. The molecule has 0 spiro atoms. The minimum atomic E-state index is -0.0671. The maximum atomic E-state index is 13.2. The van der Waals surface area contributed by atoms with Crippen LogP contribution in [0.1, 0.15) is 33.2 Å². The third kappa shape index (κ3) is 2.97. The van der Waals surface area contributed by atoms with Crippen LogP contribution in [0.5, 0.6) is 5.75 Å². The van der Waals surface area contributed by atoms with E-state index in [2.05, 4.69) is 9.97 Å². The van der Waals surface area contributed by atoms with Crippen molar-refractivity contribution in [2.24, 2.45) is 0 Å². The summed E-state index contributed by atoms with van der Waals surface area (Å²) < 4.78 is 0. The summed E-state index contributed by atoms with van der Waals surface area (Å²) in [5.74, 6) is 0.165. The Balaban J connectivity index is 1.71. The Morgan fingerprint density at radius 2 is 2.12 bits per heavy atom. The fourth-order valence-electron chi connectivity index (χ4n) is 3.47. The Bertz CT molecular complexity index is 953. The van der Waals surface area contributed by atoms with Crippen LogP contribution in [0.15, 0.2) is 59.8 Å². The second-order valence-electron chi connectivity index (χ2n) is 6.30. The first kappa shape index (κ1) is 16.7. The van der Waals surface area contributed by atoms with Gasteiger partial charge in [-0.2, -0.15) is 0 Å². The summed E-state index contributed by atoms with van der Waals surface area (Å²) in [5.41, 5.74) is 3.56. The van der Waals surface area contributed by atoms with Crippen LogP contribution in [-0.2, 0) is 6.54 Å². The highest BCUT2D eigenvalue weighted by Crippen LogP contribution is 2.34. The first-order chi connectivity index (χ1) is 12.7. The van der Waals surface area contributed by atoms with Gasteiger partial charge in [0.2, 0.25) is 0 Å². The van der Waals surface area contributed by atoms with Crippen molar-refractivity contribution in [3.63, 3.8) is 0 Å². The molecule has 1 atom stereocenters. The molecule has 1 aliphatic heterocycles. The number of hydrogen-bond acceptors (Lipinski definition) is 4. The SMILES string of the molecule is CSc1ccccc1C(=O)N1Cc2[nH]cnc2C(c2cccc(O)c2)C1. The van der Waals surface area contributed by atoms with Crippen LogP contribution in [-0.4, -0.2) is 38.7 Å². The molecule has 132 valence electrons. The Hall–Kier alpha value is -2.73. The summed E-state index contributed by atoms with van der Waals surface area (Å²) in [6, 6.07) is 14.9. The Morgan fingerprint density at radius 1 is 1.27 bits per heavy atom. The summed E-state index contributed by atoms with van der Waals surface area (Å²) in [6.07, 6.45) is 3.65. The van der Waals surface area contributed by atoms with Crippen LogP contribution in [0.4, 0.5) is 0 Å². The molecule has 0 aliphatic carbocycles. The van der Waals surface area contributed by atoms with E-state index in [-0.39, 0.29) is 17.6 Å². The molecular formula is C20H19N3O2S. The summed E-state index contributed by atoms with van der Waals surface area (Å²) in [5, 5.41) is 9.85. The summed E-state index contributed by atoms with van der Waals surface area (Å²) >= 11 is 1.57. The Labute approximate surface area is 156 Å².